The minimum absolute atomic E-state index is 0.113. The van der Waals surface area contributed by atoms with Gasteiger partial charge in [-0.2, -0.15) is 0 Å². The van der Waals surface area contributed by atoms with E-state index in [1.54, 1.807) is 11.1 Å². The van der Waals surface area contributed by atoms with E-state index < -0.39 is 5.60 Å². The third-order valence-electron chi connectivity index (χ3n) is 3.58. The number of rotatable bonds is 3. The minimum Gasteiger partial charge on any atom is -0.390 e. The zero-order chi connectivity index (χ0) is 14.6. The van der Waals surface area contributed by atoms with Crippen LogP contribution in [-0.2, 0) is 0 Å². The van der Waals surface area contributed by atoms with Crippen molar-refractivity contribution in [1.29, 1.82) is 0 Å². The molecule has 1 fully saturated rings. The predicted molar refractivity (Wildman–Crippen MR) is 76.6 cm³/mol. The number of anilines is 1. The third-order valence-corrected chi connectivity index (χ3v) is 3.58. The second-order valence-electron chi connectivity index (χ2n) is 5.46. The van der Waals surface area contributed by atoms with Crippen molar-refractivity contribution in [3.8, 4) is 0 Å². The lowest BCUT2D eigenvalue weighted by atomic mass is 9.98. The van der Waals surface area contributed by atoms with Crippen molar-refractivity contribution in [3.63, 3.8) is 0 Å². The molecule has 1 saturated heterocycles. The van der Waals surface area contributed by atoms with E-state index in [2.05, 4.69) is 15.3 Å². The second-order valence-corrected chi connectivity index (χ2v) is 5.46. The van der Waals surface area contributed by atoms with E-state index in [1.807, 2.05) is 13.8 Å². The highest BCUT2D eigenvalue weighted by atomic mass is 16.3. The van der Waals surface area contributed by atoms with E-state index in [0.29, 0.717) is 31.0 Å². The molecule has 1 aromatic rings. The summed E-state index contributed by atoms with van der Waals surface area (Å²) in [6.45, 7) is 5.78. The standard InChI is InChI=1S/C14H22N4O2/c1-3-15-12-10-16-11(9-17-12)13(19)18-7-4-5-14(2,20)6-8-18/h9-10,20H,3-8H2,1-2H3,(H,15,17). The summed E-state index contributed by atoms with van der Waals surface area (Å²) in [5.41, 5.74) is -0.316. The number of hydrogen-bond acceptors (Lipinski definition) is 5. The fourth-order valence-electron chi connectivity index (χ4n) is 2.34. The van der Waals surface area contributed by atoms with Crippen LogP contribution in [0.1, 0.15) is 43.6 Å². The summed E-state index contributed by atoms with van der Waals surface area (Å²) >= 11 is 0. The highest BCUT2D eigenvalue weighted by Gasteiger charge is 2.27. The molecule has 0 bridgehead atoms. The molecule has 0 aliphatic carbocycles. The molecule has 0 spiro atoms. The molecule has 1 amide bonds. The molecule has 6 heteroatoms. The lowest BCUT2D eigenvalue weighted by Crippen LogP contribution is -2.34. The largest absolute Gasteiger partial charge is 0.390 e. The molecule has 1 unspecified atom stereocenters. The molecule has 1 aliphatic heterocycles. The van der Waals surface area contributed by atoms with Crippen molar-refractivity contribution in [3.05, 3.63) is 18.1 Å². The molecule has 110 valence electrons. The number of carbonyl (C=O) groups is 1. The summed E-state index contributed by atoms with van der Waals surface area (Å²) in [7, 11) is 0. The summed E-state index contributed by atoms with van der Waals surface area (Å²) < 4.78 is 0. The van der Waals surface area contributed by atoms with Gasteiger partial charge < -0.3 is 15.3 Å². The molecular weight excluding hydrogens is 256 g/mol. The smallest absolute Gasteiger partial charge is 0.274 e. The first-order valence-electron chi connectivity index (χ1n) is 7.09. The average molecular weight is 278 g/mol. The number of amides is 1. The van der Waals surface area contributed by atoms with Gasteiger partial charge in [-0.15, -0.1) is 0 Å². The van der Waals surface area contributed by atoms with Crippen LogP contribution in [0.2, 0.25) is 0 Å². The van der Waals surface area contributed by atoms with E-state index in [9.17, 15) is 9.90 Å². The minimum atomic E-state index is -0.671. The van der Waals surface area contributed by atoms with Crippen molar-refractivity contribution in [2.75, 3.05) is 25.0 Å². The van der Waals surface area contributed by atoms with Crippen LogP contribution in [0.25, 0.3) is 0 Å². The van der Waals surface area contributed by atoms with E-state index in [-0.39, 0.29) is 5.91 Å². The van der Waals surface area contributed by atoms with Gasteiger partial charge in [-0.1, -0.05) is 0 Å². The Morgan fingerprint density at radius 1 is 1.40 bits per heavy atom. The average Bonchev–Trinajstić information content (AvgIpc) is 2.60. The molecule has 2 heterocycles. The molecule has 1 aliphatic rings. The highest BCUT2D eigenvalue weighted by Crippen LogP contribution is 2.22. The van der Waals surface area contributed by atoms with Crippen LogP contribution in [0.5, 0.6) is 0 Å². The predicted octanol–water partition coefficient (Wildman–Crippen LogP) is 1.29. The highest BCUT2D eigenvalue weighted by molar-refractivity contribution is 5.92. The maximum atomic E-state index is 12.4. The van der Waals surface area contributed by atoms with Crippen LogP contribution in [0.3, 0.4) is 0 Å². The Labute approximate surface area is 119 Å². The summed E-state index contributed by atoms with van der Waals surface area (Å²) in [4.78, 5) is 22.4. The number of nitrogens with zero attached hydrogens (tertiary/aromatic N) is 3. The van der Waals surface area contributed by atoms with Crippen LogP contribution < -0.4 is 5.32 Å². The zero-order valence-electron chi connectivity index (χ0n) is 12.1. The monoisotopic (exact) mass is 278 g/mol. The Morgan fingerprint density at radius 3 is 2.85 bits per heavy atom. The fraction of sp³-hybridized carbons (Fsp3) is 0.643. The Hall–Kier alpha value is -1.69. The van der Waals surface area contributed by atoms with Gasteiger partial charge in [0.1, 0.15) is 11.5 Å². The number of nitrogens with one attached hydrogen (secondary N) is 1. The van der Waals surface area contributed by atoms with Crippen LogP contribution >= 0.6 is 0 Å². The molecule has 0 radical (unpaired) electrons. The summed E-state index contributed by atoms with van der Waals surface area (Å²) in [6.07, 6.45) is 5.21. The van der Waals surface area contributed by atoms with Gasteiger partial charge in [0.05, 0.1) is 18.0 Å². The Morgan fingerprint density at radius 2 is 2.20 bits per heavy atom. The molecular formula is C14H22N4O2. The third kappa shape index (κ3) is 3.66. The van der Waals surface area contributed by atoms with Crippen molar-refractivity contribution in [2.45, 2.75) is 38.7 Å². The van der Waals surface area contributed by atoms with Crippen molar-refractivity contribution in [2.24, 2.45) is 0 Å². The Balaban J connectivity index is 2.03. The first kappa shape index (κ1) is 14.7. The first-order valence-corrected chi connectivity index (χ1v) is 7.09. The lowest BCUT2D eigenvalue weighted by Gasteiger charge is -2.22. The summed E-state index contributed by atoms with van der Waals surface area (Å²) in [5.74, 6) is 0.557. The molecule has 6 nitrogen and oxygen atoms in total. The van der Waals surface area contributed by atoms with Gasteiger partial charge >= 0.3 is 0 Å². The SMILES string of the molecule is CCNc1cnc(C(=O)N2CCCC(C)(O)CC2)cn1. The van der Waals surface area contributed by atoms with Crippen molar-refractivity contribution >= 4 is 11.7 Å². The first-order chi connectivity index (χ1) is 9.52. The van der Waals surface area contributed by atoms with Crippen LogP contribution in [0.4, 0.5) is 5.82 Å². The van der Waals surface area contributed by atoms with E-state index in [0.717, 1.165) is 19.4 Å². The zero-order valence-corrected chi connectivity index (χ0v) is 12.1. The second kappa shape index (κ2) is 6.17. The lowest BCUT2D eigenvalue weighted by molar-refractivity contribution is 0.0437. The number of hydrogen-bond donors (Lipinski definition) is 2. The van der Waals surface area contributed by atoms with Gasteiger partial charge in [-0.25, -0.2) is 9.97 Å². The van der Waals surface area contributed by atoms with Crippen LogP contribution in [-0.4, -0.2) is 51.1 Å². The quantitative estimate of drug-likeness (QED) is 0.871. The van der Waals surface area contributed by atoms with E-state index >= 15 is 0 Å². The molecule has 1 aromatic heterocycles. The summed E-state index contributed by atoms with van der Waals surface area (Å²) in [6, 6.07) is 0. The van der Waals surface area contributed by atoms with Crippen molar-refractivity contribution < 1.29 is 9.90 Å². The number of carbonyl (C=O) groups excluding carboxylic acids is 1. The topological polar surface area (TPSA) is 78.4 Å². The van der Waals surface area contributed by atoms with Gasteiger partial charge in [-0.3, -0.25) is 4.79 Å². The van der Waals surface area contributed by atoms with E-state index in [1.165, 1.54) is 6.20 Å². The molecule has 20 heavy (non-hydrogen) atoms. The Kier molecular flexibility index (Phi) is 4.54. The van der Waals surface area contributed by atoms with Crippen molar-refractivity contribution in [1.82, 2.24) is 14.9 Å². The molecule has 2 N–H and O–H groups in total. The normalized spacial score (nSPS) is 23.2. The molecule has 1 atom stereocenters. The van der Waals surface area contributed by atoms with Gasteiger partial charge in [0.25, 0.3) is 5.91 Å². The maximum Gasteiger partial charge on any atom is 0.274 e. The fourth-order valence-corrected chi connectivity index (χ4v) is 2.34. The van der Waals surface area contributed by atoms with Gasteiger partial charge in [0.15, 0.2) is 0 Å². The number of aliphatic hydroxyl groups is 1. The molecule has 0 saturated carbocycles. The number of likely N-dealkylation sites (tertiary alicyclic amines) is 1. The van der Waals surface area contributed by atoms with Gasteiger partial charge in [-0.05, 0) is 33.1 Å². The summed E-state index contributed by atoms with van der Waals surface area (Å²) in [5, 5.41) is 13.1. The van der Waals surface area contributed by atoms with Crippen LogP contribution in [0.15, 0.2) is 12.4 Å². The van der Waals surface area contributed by atoms with Gasteiger partial charge in [0, 0.05) is 19.6 Å². The maximum absolute atomic E-state index is 12.4. The van der Waals surface area contributed by atoms with Crippen LogP contribution in [0, 0.1) is 0 Å². The number of aromatic nitrogens is 2. The molecule has 2 rings (SSSR count). The van der Waals surface area contributed by atoms with Gasteiger partial charge in [0.2, 0.25) is 0 Å². The molecule has 0 aromatic carbocycles. The van der Waals surface area contributed by atoms with E-state index in [4.69, 9.17) is 0 Å². The Bertz CT molecular complexity index is 459.